The van der Waals surface area contributed by atoms with Gasteiger partial charge in [0.1, 0.15) is 0 Å². The lowest BCUT2D eigenvalue weighted by molar-refractivity contribution is 0.269. The van der Waals surface area contributed by atoms with Crippen molar-refractivity contribution < 1.29 is 5.11 Å². The van der Waals surface area contributed by atoms with Gasteiger partial charge in [0.05, 0.1) is 24.8 Å². The molecule has 1 saturated carbocycles. The van der Waals surface area contributed by atoms with E-state index in [4.69, 9.17) is 5.11 Å². The molecule has 1 fully saturated rings. The van der Waals surface area contributed by atoms with E-state index in [1.807, 2.05) is 0 Å². The van der Waals surface area contributed by atoms with Gasteiger partial charge in [-0.3, -0.25) is 0 Å². The van der Waals surface area contributed by atoms with E-state index in [0.29, 0.717) is 5.41 Å². The first kappa shape index (κ1) is 8.75. The molecular weight excluding hydrogens is 164 g/mol. The quantitative estimate of drug-likeness (QED) is 0.764. The molecule has 0 aromatic carbocycles. The fraction of sp³-hybridized carbons (Fsp3) is 0.700. The van der Waals surface area contributed by atoms with Gasteiger partial charge in [0, 0.05) is 6.54 Å². The van der Waals surface area contributed by atoms with Gasteiger partial charge in [-0.05, 0) is 17.8 Å². The summed E-state index contributed by atoms with van der Waals surface area (Å²) in [6.45, 7) is 5.66. The first-order valence-corrected chi connectivity index (χ1v) is 4.73. The minimum Gasteiger partial charge on any atom is -0.390 e. The number of hydrogen-bond acceptors (Lipinski definition) is 2. The third-order valence-electron chi connectivity index (χ3n) is 3.10. The molecule has 0 aliphatic heterocycles. The summed E-state index contributed by atoms with van der Waals surface area (Å²) >= 11 is 0. The Bertz CT molecular complexity index is 304. The van der Waals surface area contributed by atoms with Gasteiger partial charge >= 0.3 is 0 Å². The molecule has 13 heavy (non-hydrogen) atoms. The van der Waals surface area contributed by atoms with Gasteiger partial charge in [-0.2, -0.15) is 0 Å². The zero-order chi connectivity index (χ0) is 9.47. The zero-order valence-corrected chi connectivity index (χ0v) is 8.20. The lowest BCUT2D eigenvalue weighted by Crippen LogP contribution is -2.06. The number of imidazole rings is 1. The first-order chi connectivity index (χ1) is 6.13. The lowest BCUT2D eigenvalue weighted by atomic mass is 10.1. The second kappa shape index (κ2) is 2.84. The number of aliphatic hydroxyl groups excluding tert-OH is 1. The van der Waals surface area contributed by atoms with Crippen molar-refractivity contribution in [3.05, 3.63) is 18.2 Å². The molecule has 72 valence electrons. The van der Waals surface area contributed by atoms with Crippen molar-refractivity contribution in [3.63, 3.8) is 0 Å². The summed E-state index contributed by atoms with van der Waals surface area (Å²) < 4.78 is 2.05. The van der Waals surface area contributed by atoms with E-state index < -0.39 is 0 Å². The number of aliphatic hydroxyl groups is 1. The van der Waals surface area contributed by atoms with Gasteiger partial charge in [-0.25, -0.2) is 4.98 Å². The largest absolute Gasteiger partial charge is 0.390 e. The second-order valence-electron chi connectivity index (χ2n) is 4.59. The molecule has 3 heteroatoms. The molecule has 0 spiro atoms. The molecule has 1 atom stereocenters. The molecule has 3 nitrogen and oxygen atoms in total. The summed E-state index contributed by atoms with van der Waals surface area (Å²) in [7, 11) is 0. The molecule has 1 aliphatic carbocycles. The number of hydrogen-bond donors (Lipinski definition) is 1. The van der Waals surface area contributed by atoms with Crippen LogP contribution in [0.15, 0.2) is 12.5 Å². The lowest BCUT2D eigenvalue weighted by Gasteiger charge is -2.07. The molecule has 0 bridgehead atoms. The maximum Gasteiger partial charge on any atom is 0.0948 e. The molecule has 1 aromatic rings. The van der Waals surface area contributed by atoms with E-state index in [1.54, 1.807) is 12.5 Å². The van der Waals surface area contributed by atoms with Crippen LogP contribution in [0.1, 0.15) is 26.0 Å². The van der Waals surface area contributed by atoms with Crippen molar-refractivity contribution in [2.45, 2.75) is 33.4 Å². The minimum absolute atomic E-state index is 0.0904. The SMILES string of the molecule is CC1(C)CC1Cn1cncc1CO. The van der Waals surface area contributed by atoms with Gasteiger partial charge < -0.3 is 9.67 Å². The van der Waals surface area contributed by atoms with Crippen LogP contribution in [0.3, 0.4) is 0 Å². The van der Waals surface area contributed by atoms with Crippen molar-refractivity contribution in [3.8, 4) is 0 Å². The van der Waals surface area contributed by atoms with Crippen molar-refractivity contribution >= 4 is 0 Å². The Balaban J connectivity index is 2.03. The Hall–Kier alpha value is -0.830. The number of nitrogens with zero attached hydrogens (tertiary/aromatic N) is 2. The molecule has 2 rings (SSSR count). The van der Waals surface area contributed by atoms with Crippen LogP contribution >= 0.6 is 0 Å². The zero-order valence-electron chi connectivity index (χ0n) is 8.20. The van der Waals surface area contributed by atoms with E-state index in [1.165, 1.54) is 6.42 Å². The molecule has 1 aromatic heterocycles. The fourth-order valence-electron chi connectivity index (χ4n) is 1.77. The smallest absolute Gasteiger partial charge is 0.0948 e. The number of aromatic nitrogens is 2. The monoisotopic (exact) mass is 180 g/mol. The van der Waals surface area contributed by atoms with Crippen molar-refractivity contribution in [2.75, 3.05) is 0 Å². The Labute approximate surface area is 78.4 Å². The molecule has 1 heterocycles. The molecule has 1 unspecified atom stereocenters. The topological polar surface area (TPSA) is 38.0 Å². The van der Waals surface area contributed by atoms with Crippen LogP contribution in [0.25, 0.3) is 0 Å². The third kappa shape index (κ3) is 1.61. The van der Waals surface area contributed by atoms with Gasteiger partial charge in [-0.15, -0.1) is 0 Å². The van der Waals surface area contributed by atoms with E-state index in [-0.39, 0.29) is 6.61 Å². The Kier molecular flexibility index (Phi) is 1.91. The van der Waals surface area contributed by atoms with Crippen LogP contribution in [0.4, 0.5) is 0 Å². The van der Waals surface area contributed by atoms with Crippen LogP contribution in [0.2, 0.25) is 0 Å². The third-order valence-corrected chi connectivity index (χ3v) is 3.10. The summed E-state index contributed by atoms with van der Waals surface area (Å²) in [6, 6.07) is 0. The summed E-state index contributed by atoms with van der Waals surface area (Å²) in [4.78, 5) is 4.02. The average Bonchev–Trinajstić information content (AvgIpc) is 2.50. The fourth-order valence-corrected chi connectivity index (χ4v) is 1.77. The highest BCUT2D eigenvalue weighted by Crippen LogP contribution is 2.52. The predicted molar refractivity (Wildman–Crippen MR) is 50.0 cm³/mol. The highest BCUT2D eigenvalue weighted by atomic mass is 16.3. The van der Waals surface area contributed by atoms with Crippen LogP contribution in [0, 0.1) is 11.3 Å². The predicted octanol–water partition coefficient (Wildman–Crippen LogP) is 1.42. The van der Waals surface area contributed by atoms with Crippen LogP contribution in [-0.2, 0) is 13.2 Å². The van der Waals surface area contributed by atoms with Crippen LogP contribution in [-0.4, -0.2) is 14.7 Å². The summed E-state index contributed by atoms with van der Waals surface area (Å²) in [5.41, 5.74) is 1.42. The highest BCUT2D eigenvalue weighted by molar-refractivity contribution is 5.01. The maximum atomic E-state index is 9.01. The van der Waals surface area contributed by atoms with Gasteiger partial charge in [0.15, 0.2) is 0 Å². The Morgan fingerprint density at radius 1 is 1.69 bits per heavy atom. The molecule has 0 saturated heterocycles. The van der Waals surface area contributed by atoms with E-state index >= 15 is 0 Å². The molecule has 0 radical (unpaired) electrons. The minimum atomic E-state index is 0.0904. The molecule has 0 amide bonds. The summed E-state index contributed by atoms with van der Waals surface area (Å²) in [5, 5.41) is 9.01. The van der Waals surface area contributed by atoms with Gasteiger partial charge in [0.2, 0.25) is 0 Å². The van der Waals surface area contributed by atoms with E-state index in [9.17, 15) is 0 Å². The average molecular weight is 180 g/mol. The standard InChI is InChI=1S/C10H16N2O/c1-10(2)3-8(10)5-12-7-11-4-9(12)6-13/h4,7-8,13H,3,5-6H2,1-2H3. The van der Waals surface area contributed by atoms with Gasteiger partial charge in [-0.1, -0.05) is 13.8 Å². The first-order valence-electron chi connectivity index (χ1n) is 4.73. The van der Waals surface area contributed by atoms with Crippen molar-refractivity contribution in [1.29, 1.82) is 0 Å². The van der Waals surface area contributed by atoms with Crippen LogP contribution in [0.5, 0.6) is 0 Å². The number of rotatable bonds is 3. The molecular formula is C10H16N2O. The van der Waals surface area contributed by atoms with E-state index in [2.05, 4.69) is 23.4 Å². The van der Waals surface area contributed by atoms with Crippen molar-refractivity contribution in [1.82, 2.24) is 9.55 Å². The maximum absolute atomic E-state index is 9.01. The molecule has 1 aliphatic rings. The van der Waals surface area contributed by atoms with Crippen LogP contribution < -0.4 is 0 Å². The molecule has 1 N–H and O–H groups in total. The summed E-state index contributed by atoms with van der Waals surface area (Å²) in [5.74, 6) is 0.756. The van der Waals surface area contributed by atoms with Gasteiger partial charge in [0.25, 0.3) is 0 Å². The van der Waals surface area contributed by atoms with Crippen molar-refractivity contribution in [2.24, 2.45) is 11.3 Å². The van der Waals surface area contributed by atoms with E-state index in [0.717, 1.165) is 18.2 Å². The second-order valence-corrected chi connectivity index (χ2v) is 4.59. The normalized spacial score (nSPS) is 24.7. The Morgan fingerprint density at radius 2 is 2.38 bits per heavy atom. The summed E-state index contributed by atoms with van der Waals surface area (Å²) in [6.07, 6.45) is 4.82. The highest BCUT2D eigenvalue weighted by Gasteiger charge is 2.45. The Morgan fingerprint density at radius 3 is 2.92 bits per heavy atom.